The molecule has 0 aromatic heterocycles. The van der Waals surface area contributed by atoms with Gasteiger partial charge in [-0.15, -0.1) is 0 Å². The standard InChI is InChI=1S/C14H18N2O4/c1-14(6-7-14)9-15-13(20)16(8-12(18)19)10-2-4-11(17)5-3-10/h2-5,17H,6-9H2,1H3,(H,15,20)(H,18,19). The summed E-state index contributed by atoms with van der Waals surface area (Å²) in [4.78, 5) is 24.2. The maximum absolute atomic E-state index is 12.1. The number of phenolic OH excluding ortho intramolecular Hbond substituents is 1. The van der Waals surface area contributed by atoms with E-state index in [4.69, 9.17) is 5.11 Å². The number of nitrogens with one attached hydrogen (secondary N) is 1. The molecule has 1 aliphatic carbocycles. The van der Waals surface area contributed by atoms with Gasteiger partial charge in [-0.2, -0.15) is 0 Å². The van der Waals surface area contributed by atoms with Crippen LogP contribution in [0.25, 0.3) is 0 Å². The first kappa shape index (κ1) is 14.2. The summed E-state index contributed by atoms with van der Waals surface area (Å²) in [5, 5.41) is 20.9. The molecule has 0 heterocycles. The third-order valence-electron chi connectivity index (χ3n) is 3.47. The van der Waals surface area contributed by atoms with E-state index in [1.165, 1.54) is 24.3 Å². The van der Waals surface area contributed by atoms with Crippen LogP contribution >= 0.6 is 0 Å². The molecule has 0 aliphatic heterocycles. The number of aliphatic carboxylic acids is 1. The fraction of sp³-hybridized carbons (Fsp3) is 0.429. The van der Waals surface area contributed by atoms with Crippen LogP contribution in [0.15, 0.2) is 24.3 Å². The minimum atomic E-state index is -1.09. The second kappa shape index (κ2) is 5.40. The lowest BCUT2D eigenvalue weighted by molar-refractivity contribution is -0.135. The molecule has 2 rings (SSSR count). The highest BCUT2D eigenvalue weighted by Gasteiger charge is 2.37. The Morgan fingerprint density at radius 1 is 1.30 bits per heavy atom. The van der Waals surface area contributed by atoms with Gasteiger partial charge in [0.25, 0.3) is 0 Å². The molecule has 1 fully saturated rings. The molecule has 1 saturated carbocycles. The number of carboxylic acids is 1. The van der Waals surface area contributed by atoms with Crippen molar-refractivity contribution in [3.8, 4) is 5.75 Å². The molecule has 1 aromatic rings. The Balaban J connectivity index is 2.07. The number of urea groups is 1. The topological polar surface area (TPSA) is 89.9 Å². The zero-order chi connectivity index (χ0) is 14.8. The van der Waals surface area contributed by atoms with Gasteiger partial charge >= 0.3 is 12.0 Å². The van der Waals surface area contributed by atoms with Gasteiger partial charge in [-0.3, -0.25) is 9.69 Å². The molecular weight excluding hydrogens is 260 g/mol. The normalized spacial score (nSPS) is 15.4. The number of rotatable bonds is 5. The van der Waals surface area contributed by atoms with E-state index in [0.717, 1.165) is 17.7 Å². The second-order valence-electron chi connectivity index (χ2n) is 5.47. The van der Waals surface area contributed by atoms with Gasteiger partial charge in [0.05, 0.1) is 0 Å². The van der Waals surface area contributed by atoms with E-state index in [0.29, 0.717) is 12.2 Å². The second-order valence-corrected chi connectivity index (χ2v) is 5.47. The maximum Gasteiger partial charge on any atom is 0.323 e. The Bertz CT molecular complexity index is 508. The summed E-state index contributed by atoms with van der Waals surface area (Å²) in [5.41, 5.74) is 0.586. The van der Waals surface area contributed by atoms with Crippen molar-refractivity contribution in [2.24, 2.45) is 5.41 Å². The SMILES string of the molecule is CC1(CNC(=O)N(CC(=O)O)c2ccc(O)cc2)CC1. The molecule has 1 aliphatic rings. The third kappa shape index (κ3) is 3.63. The number of benzene rings is 1. The quantitative estimate of drug-likeness (QED) is 0.766. The number of carbonyl (C=O) groups excluding carboxylic acids is 1. The van der Waals surface area contributed by atoms with Crippen LogP contribution in [0.3, 0.4) is 0 Å². The predicted molar refractivity (Wildman–Crippen MR) is 73.8 cm³/mol. The number of anilines is 1. The summed E-state index contributed by atoms with van der Waals surface area (Å²) < 4.78 is 0. The molecule has 3 N–H and O–H groups in total. The highest BCUT2D eigenvalue weighted by Crippen LogP contribution is 2.44. The fourth-order valence-corrected chi connectivity index (χ4v) is 1.82. The number of nitrogens with zero attached hydrogens (tertiary/aromatic N) is 1. The molecule has 2 amide bonds. The number of hydrogen-bond acceptors (Lipinski definition) is 3. The Labute approximate surface area is 117 Å². The average molecular weight is 278 g/mol. The van der Waals surface area contributed by atoms with Gasteiger partial charge in [-0.1, -0.05) is 6.92 Å². The van der Waals surface area contributed by atoms with E-state index < -0.39 is 18.5 Å². The predicted octanol–water partition coefficient (Wildman–Crippen LogP) is 1.79. The lowest BCUT2D eigenvalue weighted by atomic mass is 10.1. The van der Waals surface area contributed by atoms with Gasteiger partial charge in [0.15, 0.2) is 0 Å². The van der Waals surface area contributed by atoms with Crippen molar-refractivity contribution >= 4 is 17.7 Å². The molecule has 108 valence electrons. The first-order valence-corrected chi connectivity index (χ1v) is 6.46. The van der Waals surface area contributed by atoms with Gasteiger partial charge in [-0.25, -0.2) is 4.79 Å². The maximum atomic E-state index is 12.1. The minimum Gasteiger partial charge on any atom is -0.508 e. The van der Waals surface area contributed by atoms with E-state index in [9.17, 15) is 14.7 Å². The van der Waals surface area contributed by atoms with E-state index >= 15 is 0 Å². The van der Waals surface area contributed by atoms with E-state index in [1.807, 2.05) is 0 Å². The first-order valence-electron chi connectivity index (χ1n) is 6.46. The molecule has 0 bridgehead atoms. The van der Waals surface area contributed by atoms with Crippen molar-refractivity contribution in [1.29, 1.82) is 0 Å². The number of amides is 2. The summed E-state index contributed by atoms with van der Waals surface area (Å²) >= 11 is 0. The molecule has 20 heavy (non-hydrogen) atoms. The van der Waals surface area contributed by atoms with Crippen LogP contribution in [0.2, 0.25) is 0 Å². The summed E-state index contributed by atoms with van der Waals surface area (Å²) in [6, 6.07) is 5.42. The number of carboxylic acid groups (broad SMARTS) is 1. The number of hydrogen-bond donors (Lipinski definition) is 3. The number of phenols is 1. The number of carbonyl (C=O) groups is 2. The van der Waals surface area contributed by atoms with Crippen molar-refractivity contribution in [2.45, 2.75) is 19.8 Å². The van der Waals surface area contributed by atoms with Crippen molar-refractivity contribution in [3.63, 3.8) is 0 Å². The third-order valence-corrected chi connectivity index (χ3v) is 3.47. The van der Waals surface area contributed by atoms with Crippen molar-refractivity contribution in [1.82, 2.24) is 5.32 Å². The summed E-state index contributed by atoms with van der Waals surface area (Å²) in [6.45, 7) is 2.20. The highest BCUT2D eigenvalue weighted by atomic mass is 16.4. The lowest BCUT2D eigenvalue weighted by Gasteiger charge is -2.22. The van der Waals surface area contributed by atoms with Gasteiger partial charge in [0.2, 0.25) is 0 Å². The average Bonchev–Trinajstić information content (AvgIpc) is 3.13. The van der Waals surface area contributed by atoms with Crippen LogP contribution in [0.5, 0.6) is 5.75 Å². The smallest absolute Gasteiger partial charge is 0.323 e. The highest BCUT2D eigenvalue weighted by molar-refractivity contribution is 5.96. The Morgan fingerprint density at radius 2 is 1.90 bits per heavy atom. The molecule has 6 nitrogen and oxygen atoms in total. The summed E-state index contributed by atoms with van der Waals surface area (Å²) in [7, 11) is 0. The van der Waals surface area contributed by atoms with Crippen molar-refractivity contribution < 1.29 is 19.8 Å². The number of aromatic hydroxyl groups is 1. The Morgan fingerprint density at radius 3 is 2.40 bits per heavy atom. The van der Waals surface area contributed by atoms with Crippen LogP contribution in [-0.2, 0) is 4.79 Å². The molecular formula is C14H18N2O4. The summed E-state index contributed by atoms with van der Waals surface area (Å²) in [6.07, 6.45) is 2.15. The van der Waals surface area contributed by atoms with Gasteiger partial charge in [0.1, 0.15) is 12.3 Å². The van der Waals surface area contributed by atoms with Crippen molar-refractivity contribution in [3.05, 3.63) is 24.3 Å². The van der Waals surface area contributed by atoms with Crippen LogP contribution in [0.1, 0.15) is 19.8 Å². The Kier molecular flexibility index (Phi) is 3.83. The first-order chi connectivity index (χ1) is 9.39. The van der Waals surface area contributed by atoms with Gasteiger partial charge < -0.3 is 15.5 Å². The molecule has 0 saturated heterocycles. The van der Waals surface area contributed by atoms with Gasteiger partial charge in [0, 0.05) is 12.2 Å². The lowest BCUT2D eigenvalue weighted by Crippen LogP contribution is -2.44. The largest absolute Gasteiger partial charge is 0.508 e. The van der Waals surface area contributed by atoms with Gasteiger partial charge in [-0.05, 0) is 42.5 Å². The van der Waals surface area contributed by atoms with Crippen molar-refractivity contribution in [2.75, 3.05) is 18.0 Å². The van der Waals surface area contributed by atoms with E-state index in [2.05, 4.69) is 12.2 Å². The Hall–Kier alpha value is -2.24. The van der Waals surface area contributed by atoms with Crippen LogP contribution in [0, 0.1) is 5.41 Å². The van der Waals surface area contributed by atoms with Crippen LogP contribution in [0.4, 0.5) is 10.5 Å². The minimum absolute atomic E-state index is 0.0647. The molecule has 0 spiro atoms. The fourth-order valence-electron chi connectivity index (χ4n) is 1.82. The van der Waals surface area contributed by atoms with Crippen LogP contribution in [-0.4, -0.2) is 35.3 Å². The van der Waals surface area contributed by atoms with Crippen LogP contribution < -0.4 is 10.2 Å². The molecule has 0 unspecified atom stereocenters. The zero-order valence-corrected chi connectivity index (χ0v) is 11.3. The molecule has 0 atom stereocenters. The molecule has 0 radical (unpaired) electrons. The van der Waals surface area contributed by atoms with E-state index in [1.54, 1.807) is 0 Å². The monoisotopic (exact) mass is 278 g/mol. The molecule has 1 aromatic carbocycles. The summed E-state index contributed by atoms with van der Waals surface area (Å²) in [5.74, 6) is -1.03. The zero-order valence-electron chi connectivity index (χ0n) is 11.3. The van der Waals surface area contributed by atoms with E-state index in [-0.39, 0.29) is 11.2 Å². The molecule has 6 heteroatoms.